The third-order valence-corrected chi connectivity index (χ3v) is 7.18. The van der Waals surface area contributed by atoms with Gasteiger partial charge in [-0.15, -0.1) is 0 Å². The van der Waals surface area contributed by atoms with Crippen LogP contribution in [0.15, 0.2) is 66.7 Å². The van der Waals surface area contributed by atoms with Crippen molar-refractivity contribution in [3.63, 3.8) is 0 Å². The zero-order chi connectivity index (χ0) is 28.8. The van der Waals surface area contributed by atoms with E-state index in [1.54, 1.807) is 23.1 Å². The first-order chi connectivity index (χ1) is 19.9. The van der Waals surface area contributed by atoms with Crippen LogP contribution in [0, 0.1) is 5.82 Å². The van der Waals surface area contributed by atoms with Gasteiger partial charge in [-0.3, -0.25) is 14.4 Å². The van der Waals surface area contributed by atoms with Crippen LogP contribution in [0.5, 0.6) is 17.2 Å². The van der Waals surface area contributed by atoms with Gasteiger partial charge in [0.05, 0.1) is 13.2 Å². The van der Waals surface area contributed by atoms with Crippen molar-refractivity contribution in [3.05, 3.63) is 89.2 Å². The molecule has 0 saturated carbocycles. The van der Waals surface area contributed by atoms with Crippen LogP contribution < -0.4 is 24.8 Å². The number of piperidine rings is 1. The van der Waals surface area contributed by atoms with Gasteiger partial charge in [-0.1, -0.05) is 24.3 Å². The van der Waals surface area contributed by atoms with E-state index in [4.69, 9.17) is 14.2 Å². The lowest BCUT2D eigenvalue weighted by Crippen LogP contribution is -2.58. The number of nitrogens with one attached hydrogen (secondary N) is 2. The van der Waals surface area contributed by atoms with E-state index in [0.717, 1.165) is 11.1 Å². The number of amides is 3. The predicted molar refractivity (Wildman–Crippen MR) is 148 cm³/mol. The van der Waals surface area contributed by atoms with Crippen molar-refractivity contribution in [2.24, 2.45) is 0 Å². The number of halogens is 1. The second-order valence-electron chi connectivity index (χ2n) is 10.1. The average Bonchev–Trinajstić information content (AvgIpc) is 2.98. The van der Waals surface area contributed by atoms with Gasteiger partial charge in [-0.05, 0) is 60.0 Å². The SMILES string of the molecule is COc1cc2ccc1OCC(=O)N[C@@H]1CN(C(=O)c3cccc(F)c3)CC[C@H]1Oc1ccc(cc1)CNC(=O)CC2. The molecule has 1 fully saturated rings. The van der Waals surface area contributed by atoms with Crippen LogP contribution in [-0.2, 0) is 22.6 Å². The van der Waals surface area contributed by atoms with Crippen molar-refractivity contribution in [2.45, 2.75) is 38.0 Å². The topological polar surface area (TPSA) is 106 Å². The summed E-state index contributed by atoms with van der Waals surface area (Å²) in [4.78, 5) is 40.2. The molecule has 2 N–H and O–H groups in total. The maximum Gasteiger partial charge on any atom is 0.258 e. The highest BCUT2D eigenvalue weighted by molar-refractivity contribution is 5.94. The highest BCUT2D eigenvalue weighted by Gasteiger charge is 2.34. The number of nitrogens with zero attached hydrogens (tertiary/aromatic N) is 1. The number of hydrogen-bond donors (Lipinski definition) is 2. The van der Waals surface area contributed by atoms with Gasteiger partial charge in [0.15, 0.2) is 18.1 Å². The summed E-state index contributed by atoms with van der Waals surface area (Å²) in [7, 11) is 1.51. The number of aryl methyl sites for hydroxylation is 1. The van der Waals surface area contributed by atoms with Gasteiger partial charge in [0, 0.05) is 38.0 Å². The fourth-order valence-electron chi connectivity index (χ4n) is 4.98. The molecule has 4 bridgehead atoms. The first-order valence-electron chi connectivity index (χ1n) is 13.5. The van der Waals surface area contributed by atoms with Crippen LogP contribution in [0.3, 0.4) is 0 Å². The number of benzene rings is 3. The third-order valence-electron chi connectivity index (χ3n) is 7.18. The Balaban J connectivity index is 1.37. The second-order valence-corrected chi connectivity index (χ2v) is 10.1. The van der Waals surface area contributed by atoms with Gasteiger partial charge in [0.25, 0.3) is 11.8 Å². The normalized spacial score (nSPS) is 19.7. The van der Waals surface area contributed by atoms with Gasteiger partial charge < -0.3 is 29.7 Å². The Hall–Kier alpha value is -4.60. The number of likely N-dealkylation sites (tertiary alicyclic amines) is 1. The van der Waals surface area contributed by atoms with Crippen LogP contribution in [0.2, 0.25) is 0 Å². The minimum atomic E-state index is -0.550. The molecule has 0 unspecified atom stereocenters. The molecule has 0 spiro atoms. The smallest absolute Gasteiger partial charge is 0.258 e. The fourth-order valence-corrected chi connectivity index (χ4v) is 4.98. The van der Waals surface area contributed by atoms with Crippen molar-refractivity contribution in [1.82, 2.24) is 15.5 Å². The molecule has 2 atom stereocenters. The van der Waals surface area contributed by atoms with Crippen molar-refractivity contribution >= 4 is 17.7 Å². The molecule has 0 aliphatic carbocycles. The Morgan fingerprint density at radius 1 is 1.00 bits per heavy atom. The molecular weight excluding hydrogens is 529 g/mol. The van der Waals surface area contributed by atoms with Gasteiger partial charge in [0.1, 0.15) is 17.7 Å². The zero-order valence-corrected chi connectivity index (χ0v) is 22.7. The summed E-state index contributed by atoms with van der Waals surface area (Å²) < 4.78 is 31.3. The number of carbonyl (C=O) groups is 3. The standard InChI is InChI=1S/C31H32FN3O6/c1-39-28-15-20-7-11-27(28)40-19-30(37)34-25-18-35(31(38)22-3-2-4-23(32)16-22)14-13-26(25)41-24-9-5-21(6-10-24)17-33-29(36)12-8-20/h2-7,9-11,15-16,25-26H,8,12-14,17-19H2,1H3,(H,33,36)(H,34,37)/t25-,26-/m1/s1. The summed E-state index contributed by atoms with van der Waals surface area (Å²) in [5.74, 6) is 0.169. The molecule has 214 valence electrons. The molecule has 5 heterocycles. The Morgan fingerprint density at radius 2 is 1.80 bits per heavy atom. The number of rotatable bonds is 2. The van der Waals surface area contributed by atoms with Crippen molar-refractivity contribution in [3.8, 4) is 17.2 Å². The van der Waals surface area contributed by atoms with Crippen LogP contribution in [0.25, 0.3) is 0 Å². The fraction of sp³-hybridized carbons (Fsp3) is 0.323. The molecule has 0 radical (unpaired) electrons. The van der Waals surface area contributed by atoms with Crippen LogP contribution >= 0.6 is 0 Å². The van der Waals surface area contributed by atoms with Crippen LogP contribution in [0.1, 0.15) is 34.3 Å². The first-order valence-corrected chi connectivity index (χ1v) is 13.5. The van der Waals surface area contributed by atoms with E-state index in [0.29, 0.717) is 49.6 Å². The van der Waals surface area contributed by atoms with Gasteiger partial charge in [0.2, 0.25) is 5.91 Å². The van der Waals surface area contributed by atoms with Gasteiger partial charge in [-0.2, -0.15) is 0 Å². The zero-order valence-electron chi connectivity index (χ0n) is 22.7. The van der Waals surface area contributed by atoms with Crippen molar-refractivity contribution in [1.29, 1.82) is 0 Å². The lowest BCUT2D eigenvalue weighted by atomic mass is 10.0. The Labute approximate surface area is 237 Å². The summed E-state index contributed by atoms with van der Waals surface area (Å²) in [5.41, 5.74) is 2.06. The number of carbonyl (C=O) groups excluding carboxylic acids is 3. The predicted octanol–water partition coefficient (Wildman–Crippen LogP) is 3.25. The summed E-state index contributed by atoms with van der Waals surface area (Å²) in [5, 5.41) is 5.91. The molecule has 1 saturated heterocycles. The Bertz CT molecular complexity index is 1410. The van der Waals surface area contributed by atoms with E-state index in [1.165, 1.54) is 25.3 Å². The van der Waals surface area contributed by atoms with E-state index in [2.05, 4.69) is 10.6 Å². The molecule has 3 aromatic carbocycles. The lowest BCUT2D eigenvalue weighted by molar-refractivity contribution is -0.125. The highest BCUT2D eigenvalue weighted by atomic mass is 19.1. The lowest BCUT2D eigenvalue weighted by Gasteiger charge is -2.39. The van der Waals surface area contributed by atoms with Crippen LogP contribution in [-0.4, -0.2) is 61.6 Å². The summed E-state index contributed by atoms with van der Waals surface area (Å²) in [6.07, 6.45) is 0.846. The van der Waals surface area contributed by atoms with Crippen molar-refractivity contribution in [2.75, 3.05) is 26.8 Å². The average molecular weight is 562 g/mol. The molecule has 5 aliphatic heterocycles. The molecule has 9 nitrogen and oxygen atoms in total. The molecule has 8 rings (SSSR count). The molecule has 10 heteroatoms. The Morgan fingerprint density at radius 3 is 2.59 bits per heavy atom. The van der Waals surface area contributed by atoms with Gasteiger partial charge in [-0.25, -0.2) is 4.39 Å². The quantitative estimate of drug-likeness (QED) is 0.498. The molecule has 3 aromatic rings. The van der Waals surface area contributed by atoms with E-state index < -0.39 is 23.9 Å². The second kappa shape index (κ2) is 12.7. The van der Waals surface area contributed by atoms with E-state index in [-0.39, 0.29) is 30.5 Å². The maximum absolute atomic E-state index is 13.8. The van der Waals surface area contributed by atoms with Crippen LogP contribution in [0.4, 0.5) is 4.39 Å². The Kier molecular flexibility index (Phi) is 8.67. The van der Waals surface area contributed by atoms with Gasteiger partial charge >= 0.3 is 0 Å². The molecule has 5 aliphatic rings. The number of methoxy groups -OCH3 is 1. The summed E-state index contributed by atoms with van der Waals surface area (Å²) >= 11 is 0. The maximum atomic E-state index is 13.8. The summed E-state index contributed by atoms with van der Waals surface area (Å²) in [6, 6.07) is 17.7. The minimum Gasteiger partial charge on any atom is -0.493 e. The molecule has 41 heavy (non-hydrogen) atoms. The highest BCUT2D eigenvalue weighted by Crippen LogP contribution is 2.29. The van der Waals surface area contributed by atoms with Crippen molar-refractivity contribution < 1.29 is 33.0 Å². The number of ether oxygens (including phenoxy) is 3. The van der Waals surface area contributed by atoms with E-state index in [9.17, 15) is 18.8 Å². The molecule has 0 aromatic heterocycles. The first kappa shape index (κ1) is 27.9. The largest absolute Gasteiger partial charge is 0.493 e. The molecule has 3 amide bonds. The van der Waals surface area contributed by atoms with E-state index >= 15 is 0 Å². The van der Waals surface area contributed by atoms with E-state index in [1.807, 2.05) is 30.3 Å². The number of hydrogen-bond acceptors (Lipinski definition) is 6. The third kappa shape index (κ3) is 7.13. The minimum absolute atomic E-state index is 0.0712. The summed E-state index contributed by atoms with van der Waals surface area (Å²) in [6.45, 7) is 0.646. The molecular formula is C31H32FN3O6. The monoisotopic (exact) mass is 561 g/mol.